The Hall–Kier alpha value is -5.64. The van der Waals surface area contributed by atoms with Crippen molar-refractivity contribution >= 4 is 33.5 Å². The van der Waals surface area contributed by atoms with Gasteiger partial charge in [-0.2, -0.15) is 0 Å². The molecule has 0 aliphatic carbocycles. The lowest BCUT2D eigenvalue weighted by molar-refractivity contribution is 0.0540. The van der Waals surface area contributed by atoms with Gasteiger partial charge in [-0.25, -0.2) is 18.7 Å². The number of hydrogen-bond donors (Lipinski definition) is 0. The Bertz CT molecular complexity index is 1850. The van der Waals surface area contributed by atoms with E-state index in [1.807, 2.05) is 0 Å². The lowest BCUT2D eigenvalue weighted by atomic mass is 10.1. The molecule has 0 spiro atoms. The van der Waals surface area contributed by atoms with Crippen molar-refractivity contribution in [3.63, 3.8) is 0 Å². The molecule has 0 saturated carbocycles. The maximum Gasteiger partial charge on any atom is 0.338 e. The molecule has 0 aliphatic rings. The van der Waals surface area contributed by atoms with Gasteiger partial charge in [0.15, 0.2) is 0 Å². The van der Waals surface area contributed by atoms with Gasteiger partial charge in [0.1, 0.15) is 13.2 Å². The summed E-state index contributed by atoms with van der Waals surface area (Å²) >= 11 is 0. The number of benzene rings is 3. The molecule has 5 aromatic rings. The molecule has 0 atom stereocenters. The van der Waals surface area contributed by atoms with Crippen molar-refractivity contribution in [2.24, 2.45) is 0 Å². The van der Waals surface area contributed by atoms with Crippen molar-refractivity contribution < 1.29 is 19.1 Å². The number of aromatic nitrogens is 2. The number of rotatable bonds is 8. The minimum atomic E-state index is -0.718. The third kappa shape index (κ3) is 4.27. The van der Waals surface area contributed by atoms with Crippen LogP contribution in [0, 0.1) is 0 Å². The van der Waals surface area contributed by atoms with Crippen LogP contribution >= 0.6 is 0 Å². The smallest absolute Gasteiger partial charge is 0.338 e. The summed E-state index contributed by atoms with van der Waals surface area (Å²) in [5, 5.41) is -0.248. The van der Waals surface area contributed by atoms with E-state index in [-0.39, 0.29) is 57.3 Å². The summed E-state index contributed by atoms with van der Waals surface area (Å²) < 4.78 is 11.8. The van der Waals surface area contributed by atoms with Gasteiger partial charge in [-0.1, -0.05) is 37.4 Å². The van der Waals surface area contributed by atoms with Crippen LogP contribution in [0.3, 0.4) is 0 Å². The SMILES string of the molecule is C=CCOC(=O)c1cccc(-n2c(=O)c3cc4c(=O)n(-c5cccc(C(=O)OCC=C)c5)c(=O)c4cc3c2=O)c1. The minimum Gasteiger partial charge on any atom is -0.458 e. The van der Waals surface area contributed by atoms with Gasteiger partial charge < -0.3 is 9.47 Å². The molecule has 0 radical (unpaired) electrons. The Labute approximate surface area is 224 Å². The van der Waals surface area contributed by atoms with Crippen LogP contribution < -0.4 is 22.2 Å². The molecule has 3 aromatic carbocycles. The highest BCUT2D eigenvalue weighted by Crippen LogP contribution is 2.18. The molecule has 198 valence electrons. The molecular weight excluding hydrogens is 516 g/mol. The first-order valence-electron chi connectivity index (χ1n) is 12.0. The quantitative estimate of drug-likeness (QED) is 0.219. The van der Waals surface area contributed by atoms with Crippen molar-refractivity contribution in [2.75, 3.05) is 13.2 Å². The summed E-state index contributed by atoms with van der Waals surface area (Å²) in [5.41, 5.74) is -2.38. The molecule has 0 aliphatic heterocycles. The van der Waals surface area contributed by atoms with Gasteiger partial charge in [0, 0.05) is 0 Å². The van der Waals surface area contributed by atoms with Gasteiger partial charge in [0.05, 0.1) is 44.0 Å². The summed E-state index contributed by atoms with van der Waals surface area (Å²) in [5.74, 6) is -1.32. The third-order valence-electron chi connectivity index (χ3n) is 6.24. The van der Waals surface area contributed by atoms with E-state index in [1.54, 1.807) is 0 Å². The second-order valence-electron chi connectivity index (χ2n) is 8.71. The highest BCUT2D eigenvalue weighted by Gasteiger charge is 2.22. The molecule has 0 amide bonds. The Morgan fingerprint density at radius 1 is 0.600 bits per heavy atom. The van der Waals surface area contributed by atoms with Crippen molar-refractivity contribution in [2.45, 2.75) is 0 Å². The lowest BCUT2D eigenvalue weighted by Gasteiger charge is -2.05. The van der Waals surface area contributed by atoms with Crippen molar-refractivity contribution in [3.8, 4) is 11.4 Å². The summed E-state index contributed by atoms with van der Waals surface area (Å²) in [7, 11) is 0. The zero-order valence-corrected chi connectivity index (χ0v) is 20.9. The number of esters is 2. The summed E-state index contributed by atoms with van der Waals surface area (Å²) in [4.78, 5) is 77.7. The molecule has 2 heterocycles. The number of carbonyl (C=O) groups excluding carboxylic acids is 2. The van der Waals surface area contributed by atoms with Gasteiger partial charge in [-0.15, -0.1) is 0 Å². The minimum absolute atomic E-state index is 0.00953. The average molecular weight is 536 g/mol. The van der Waals surface area contributed by atoms with Crippen molar-refractivity contribution in [1.29, 1.82) is 0 Å². The van der Waals surface area contributed by atoms with E-state index in [2.05, 4.69) is 13.2 Å². The predicted octanol–water partition coefficient (Wildman–Crippen LogP) is 2.58. The average Bonchev–Trinajstić information content (AvgIpc) is 3.37. The topological polar surface area (TPSA) is 131 Å². The maximum absolute atomic E-state index is 13.3. The fraction of sp³-hybridized carbons (Fsp3) is 0.0667. The van der Waals surface area contributed by atoms with Crippen LogP contribution in [0.4, 0.5) is 0 Å². The van der Waals surface area contributed by atoms with Crippen molar-refractivity contribution in [1.82, 2.24) is 9.13 Å². The zero-order chi connectivity index (χ0) is 28.6. The molecular formula is C30H20N2O8. The fourth-order valence-electron chi connectivity index (χ4n) is 4.42. The zero-order valence-electron chi connectivity index (χ0n) is 20.9. The maximum atomic E-state index is 13.3. The molecule has 5 rings (SSSR count). The first-order valence-corrected chi connectivity index (χ1v) is 12.0. The molecule has 0 unspecified atom stereocenters. The summed E-state index contributed by atoms with van der Waals surface area (Å²) in [6.07, 6.45) is 2.81. The third-order valence-corrected chi connectivity index (χ3v) is 6.24. The van der Waals surface area contributed by atoms with Gasteiger partial charge in [0.2, 0.25) is 0 Å². The number of nitrogens with zero attached hydrogens (tertiary/aromatic N) is 2. The van der Waals surface area contributed by atoms with Crippen LogP contribution in [0.1, 0.15) is 20.7 Å². The Morgan fingerprint density at radius 2 is 0.950 bits per heavy atom. The molecule has 10 nitrogen and oxygen atoms in total. The molecule has 0 N–H and O–H groups in total. The van der Waals surface area contributed by atoms with Crippen LogP contribution in [-0.4, -0.2) is 34.3 Å². The second kappa shape index (κ2) is 10.3. The summed E-state index contributed by atoms with van der Waals surface area (Å²) in [6, 6.07) is 14.0. The fourth-order valence-corrected chi connectivity index (χ4v) is 4.42. The van der Waals surface area contributed by atoms with E-state index in [1.165, 1.54) is 72.8 Å². The highest BCUT2D eigenvalue weighted by molar-refractivity contribution is 5.98. The molecule has 0 bridgehead atoms. The molecule has 2 aromatic heterocycles. The van der Waals surface area contributed by atoms with Gasteiger partial charge >= 0.3 is 11.9 Å². The second-order valence-corrected chi connectivity index (χ2v) is 8.71. The number of hydrogen-bond acceptors (Lipinski definition) is 8. The molecule has 40 heavy (non-hydrogen) atoms. The summed E-state index contributed by atoms with van der Waals surface area (Å²) in [6.45, 7) is 6.94. The van der Waals surface area contributed by atoms with E-state index in [0.29, 0.717) is 0 Å². The van der Waals surface area contributed by atoms with Gasteiger partial charge in [-0.3, -0.25) is 19.2 Å². The van der Waals surface area contributed by atoms with E-state index in [4.69, 9.17) is 9.47 Å². The molecule has 0 saturated heterocycles. The van der Waals surface area contributed by atoms with E-state index in [0.717, 1.165) is 9.13 Å². The first kappa shape index (κ1) is 26.0. The largest absolute Gasteiger partial charge is 0.458 e. The number of fused-ring (bicyclic) bond motifs is 2. The van der Waals surface area contributed by atoms with Crippen LogP contribution in [0.25, 0.3) is 32.9 Å². The number of ether oxygens (including phenoxy) is 2. The first-order chi connectivity index (χ1) is 19.3. The van der Waals surface area contributed by atoms with E-state index in [9.17, 15) is 28.8 Å². The number of carbonyl (C=O) groups is 2. The normalized spacial score (nSPS) is 11.0. The Kier molecular flexibility index (Phi) is 6.66. The van der Waals surface area contributed by atoms with Gasteiger partial charge in [0.25, 0.3) is 22.2 Å². The lowest BCUT2D eigenvalue weighted by Crippen LogP contribution is -2.24. The van der Waals surface area contributed by atoms with Gasteiger partial charge in [-0.05, 0) is 48.5 Å². The monoisotopic (exact) mass is 536 g/mol. The van der Waals surface area contributed by atoms with Crippen LogP contribution in [0.5, 0.6) is 0 Å². The molecule has 10 heteroatoms. The molecule has 0 fully saturated rings. The van der Waals surface area contributed by atoms with Crippen molar-refractivity contribution in [3.05, 3.63) is 139 Å². The predicted molar refractivity (Wildman–Crippen MR) is 149 cm³/mol. The van der Waals surface area contributed by atoms with Crippen LogP contribution in [0.15, 0.2) is 105 Å². The van der Waals surface area contributed by atoms with Crippen LogP contribution in [0.2, 0.25) is 0 Å². The standard InChI is InChI=1S/C30H20N2O8/c1-3-11-39-29(37)17-7-5-9-19(13-17)31-25(33)21-15-23-24(16-22(21)26(31)34)28(36)32(27(23)35)20-10-6-8-18(14-20)30(38)40-12-4-2/h3-10,13-16H,1-2,11-12H2. The Morgan fingerprint density at radius 3 is 1.27 bits per heavy atom. The van der Waals surface area contributed by atoms with E-state index < -0.39 is 34.2 Å². The highest BCUT2D eigenvalue weighted by atomic mass is 16.5. The van der Waals surface area contributed by atoms with E-state index >= 15 is 0 Å². The Balaban J connectivity index is 1.64. The van der Waals surface area contributed by atoms with Crippen LogP contribution in [-0.2, 0) is 9.47 Å².